The lowest BCUT2D eigenvalue weighted by Gasteiger charge is -2.16. The van der Waals surface area contributed by atoms with Crippen molar-refractivity contribution in [2.24, 2.45) is 0 Å². The van der Waals surface area contributed by atoms with E-state index in [0.717, 1.165) is 11.1 Å². The standard InChI is InChI=1S/C14H18ClNO3/c1-8-4-9(2)13(11(15)5-8)19-10-6-12(16-7-10)14(17)18-3/h4-5,10,12,16H,6-7H2,1-3H3/t10-,12+/m1/s1. The molecule has 1 fully saturated rings. The quantitative estimate of drug-likeness (QED) is 0.865. The zero-order chi connectivity index (χ0) is 14.0. The maximum Gasteiger partial charge on any atom is 0.323 e. The summed E-state index contributed by atoms with van der Waals surface area (Å²) in [6.45, 7) is 4.57. The van der Waals surface area contributed by atoms with Gasteiger partial charge in [-0.15, -0.1) is 0 Å². The fourth-order valence-corrected chi connectivity index (χ4v) is 2.70. The number of methoxy groups -OCH3 is 1. The number of aryl methyl sites for hydroxylation is 2. The summed E-state index contributed by atoms with van der Waals surface area (Å²) in [6.07, 6.45) is 0.527. The average molecular weight is 284 g/mol. The van der Waals surface area contributed by atoms with Crippen LogP contribution in [0.1, 0.15) is 17.5 Å². The van der Waals surface area contributed by atoms with E-state index < -0.39 is 0 Å². The average Bonchev–Trinajstić information content (AvgIpc) is 2.81. The molecule has 2 atom stereocenters. The van der Waals surface area contributed by atoms with E-state index in [2.05, 4.69) is 5.32 Å². The number of rotatable bonds is 3. The van der Waals surface area contributed by atoms with Crippen molar-refractivity contribution >= 4 is 17.6 Å². The Morgan fingerprint density at radius 3 is 2.79 bits per heavy atom. The first-order valence-electron chi connectivity index (χ1n) is 6.26. The Hall–Kier alpha value is -1.26. The molecule has 1 aliphatic heterocycles. The van der Waals surface area contributed by atoms with Crippen LogP contribution in [0.2, 0.25) is 5.02 Å². The Labute approximate surface area is 118 Å². The molecule has 4 nitrogen and oxygen atoms in total. The van der Waals surface area contributed by atoms with Gasteiger partial charge in [-0.3, -0.25) is 4.79 Å². The first-order valence-corrected chi connectivity index (χ1v) is 6.63. The van der Waals surface area contributed by atoms with E-state index >= 15 is 0 Å². The Kier molecular flexibility index (Phi) is 4.32. The molecule has 0 radical (unpaired) electrons. The molecule has 104 valence electrons. The van der Waals surface area contributed by atoms with Crippen LogP contribution in [0.15, 0.2) is 12.1 Å². The van der Waals surface area contributed by atoms with E-state index in [1.165, 1.54) is 7.11 Å². The van der Waals surface area contributed by atoms with Gasteiger partial charge >= 0.3 is 5.97 Å². The number of ether oxygens (including phenoxy) is 2. The van der Waals surface area contributed by atoms with Crippen LogP contribution in [0.25, 0.3) is 0 Å². The third kappa shape index (κ3) is 3.19. The summed E-state index contributed by atoms with van der Waals surface area (Å²) >= 11 is 6.20. The predicted molar refractivity (Wildman–Crippen MR) is 73.8 cm³/mol. The highest BCUT2D eigenvalue weighted by molar-refractivity contribution is 6.32. The first kappa shape index (κ1) is 14.2. The topological polar surface area (TPSA) is 47.6 Å². The molecule has 5 heteroatoms. The second-order valence-corrected chi connectivity index (χ2v) is 5.26. The van der Waals surface area contributed by atoms with Gasteiger partial charge in [-0.2, -0.15) is 0 Å². The van der Waals surface area contributed by atoms with E-state index in [0.29, 0.717) is 23.7 Å². The summed E-state index contributed by atoms with van der Waals surface area (Å²) < 4.78 is 10.6. The summed E-state index contributed by atoms with van der Waals surface area (Å²) in [4.78, 5) is 11.4. The molecule has 0 saturated carbocycles. The zero-order valence-electron chi connectivity index (χ0n) is 11.3. The van der Waals surface area contributed by atoms with Crippen molar-refractivity contribution in [2.45, 2.75) is 32.4 Å². The van der Waals surface area contributed by atoms with Crippen molar-refractivity contribution in [3.63, 3.8) is 0 Å². The Bertz CT molecular complexity index is 467. The molecular formula is C14H18ClNO3. The van der Waals surface area contributed by atoms with Gasteiger partial charge in [-0.25, -0.2) is 0 Å². The molecule has 1 N–H and O–H groups in total. The molecule has 1 aromatic carbocycles. The van der Waals surface area contributed by atoms with E-state index in [1.54, 1.807) is 0 Å². The SMILES string of the molecule is COC(=O)[C@@H]1C[C@@H](Oc2c(C)cc(C)cc2Cl)CN1. The zero-order valence-corrected chi connectivity index (χ0v) is 12.1. The van der Waals surface area contributed by atoms with Crippen LogP contribution in [0.5, 0.6) is 5.75 Å². The normalized spacial score (nSPS) is 22.3. The monoisotopic (exact) mass is 283 g/mol. The molecule has 1 heterocycles. The van der Waals surface area contributed by atoms with Gasteiger partial charge < -0.3 is 14.8 Å². The van der Waals surface area contributed by atoms with Gasteiger partial charge in [0.25, 0.3) is 0 Å². The van der Waals surface area contributed by atoms with Crippen molar-refractivity contribution in [3.8, 4) is 5.75 Å². The highest BCUT2D eigenvalue weighted by Gasteiger charge is 2.31. The number of nitrogens with one attached hydrogen (secondary N) is 1. The van der Waals surface area contributed by atoms with E-state index in [4.69, 9.17) is 21.1 Å². The molecule has 1 saturated heterocycles. The van der Waals surface area contributed by atoms with Gasteiger partial charge in [0.15, 0.2) is 0 Å². The molecule has 19 heavy (non-hydrogen) atoms. The summed E-state index contributed by atoms with van der Waals surface area (Å²) in [7, 11) is 1.39. The first-order chi connectivity index (χ1) is 9.01. The fourth-order valence-electron chi connectivity index (χ4n) is 2.33. The third-order valence-corrected chi connectivity index (χ3v) is 3.52. The molecule has 2 rings (SSSR count). The van der Waals surface area contributed by atoms with Gasteiger partial charge in [-0.05, 0) is 31.0 Å². The maximum absolute atomic E-state index is 11.4. The number of halogens is 1. The van der Waals surface area contributed by atoms with Gasteiger partial charge in [-0.1, -0.05) is 17.7 Å². The number of hydrogen-bond acceptors (Lipinski definition) is 4. The minimum atomic E-state index is -0.292. The Balaban J connectivity index is 2.05. The van der Waals surface area contributed by atoms with Gasteiger partial charge in [0.05, 0.1) is 12.1 Å². The molecule has 0 amide bonds. The van der Waals surface area contributed by atoms with Crippen LogP contribution in [0, 0.1) is 13.8 Å². The smallest absolute Gasteiger partial charge is 0.323 e. The molecule has 0 bridgehead atoms. The lowest BCUT2D eigenvalue weighted by atomic mass is 10.1. The van der Waals surface area contributed by atoms with Crippen molar-refractivity contribution in [1.29, 1.82) is 0 Å². The second kappa shape index (κ2) is 5.80. The van der Waals surface area contributed by atoms with Crippen molar-refractivity contribution in [3.05, 3.63) is 28.3 Å². The molecule has 1 aromatic rings. The van der Waals surface area contributed by atoms with Crippen molar-refractivity contribution < 1.29 is 14.3 Å². The van der Waals surface area contributed by atoms with Crippen LogP contribution >= 0.6 is 11.6 Å². The second-order valence-electron chi connectivity index (χ2n) is 4.85. The van der Waals surface area contributed by atoms with Crippen molar-refractivity contribution in [2.75, 3.05) is 13.7 Å². The van der Waals surface area contributed by atoms with E-state index in [-0.39, 0.29) is 18.1 Å². The third-order valence-electron chi connectivity index (χ3n) is 3.23. The van der Waals surface area contributed by atoms with Crippen LogP contribution < -0.4 is 10.1 Å². The highest BCUT2D eigenvalue weighted by atomic mass is 35.5. The predicted octanol–water partition coefficient (Wildman–Crippen LogP) is 2.24. The molecule has 0 spiro atoms. The van der Waals surface area contributed by atoms with Crippen LogP contribution in [0.3, 0.4) is 0 Å². The molecule has 1 aliphatic rings. The largest absolute Gasteiger partial charge is 0.487 e. The summed E-state index contributed by atoms with van der Waals surface area (Å²) in [5.41, 5.74) is 2.11. The summed E-state index contributed by atoms with van der Waals surface area (Å²) in [5, 5.41) is 3.70. The fraction of sp³-hybridized carbons (Fsp3) is 0.500. The van der Waals surface area contributed by atoms with Crippen LogP contribution in [0.4, 0.5) is 0 Å². The number of benzene rings is 1. The van der Waals surface area contributed by atoms with Crippen LogP contribution in [-0.2, 0) is 9.53 Å². The number of esters is 1. The van der Waals surface area contributed by atoms with Gasteiger partial charge in [0.1, 0.15) is 17.9 Å². The molecule has 0 aliphatic carbocycles. The summed E-state index contributed by atoms with van der Waals surface area (Å²) in [6, 6.07) is 3.62. The van der Waals surface area contributed by atoms with Crippen LogP contribution in [-0.4, -0.2) is 31.8 Å². The Morgan fingerprint density at radius 1 is 1.42 bits per heavy atom. The van der Waals surface area contributed by atoms with E-state index in [9.17, 15) is 4.79 Å². The Morgan fingerprint density at radius 2 is 2.16 bits per heavy atom. The maximum atomic E-state index is 11.4. The minimum Gasteiger partial charge on any atom is -0.487 e. The minimum absolute atomic E-state index is 0.0667. The molecular weight excluding hydrogens is 266 g/mol. The number of hydrogen-bond donors (Lipinski definition) is 1. The summed E-state index contributed by atoms with van der Waals surface area (Å²) in [5.74, 6) is 0.447. The highest BCUT2D eigenvalue weighted by Crippen LogP contribution is 2.31. The van der Waals surface area contributed by atoms with Crippen molar-refractivity contribution in [1.82, 2.24) is 5.32 Å². The van der Waals surface area contributed by atoms with Gasteiger partial charge in [0, 0.05) is 13.0 Å². The molecule has 0 unspecified atom stereocenters. The van der Waals surface area contributed by atoms with E-state index in [1.807, 2.05) is 26.0 Å². The molecule has 0 aromatic heterocycles. The lowest BCUT2D eigenvalue weighted by molar-refractivity contribution is -0.142. The van der Waals surface area contributed by atoms with Gasteiger partial charge in [0.2, 0.25) is 0 Å². The number of carbonyl (C=O) groups is 1. The number of carbonyl (C=O) groups excluding carboxylic acids is 1. The lowest BCUT2D eigenvalue weighted by Crippen LogP contribution is -2.31.